The van der Waals surface area contributed by atoms with E-state index in [2.05, 4.69) is 31.5 Å². The molecule has 6 nitrogen and oxygen atoms in total. The first-order valence-electron chi connectivity index (χ1n) is 10.3. The predicted octanol–water partition coefficient (Wildman–Crippen LogP) is 6.06. The van der Waals surface area contributed by atoms with Crippen molar-refractivity contribution in [2.45, 2.75) is 19.1 Å². The Kier molecular flexibility index (Phi) is 7.32. The molecule has 1 heterocycles. The first kappa shape index (κ1) is 22.9. The number of fused-ring (bicyclic) bond motifs is 1. The Morgan fingerprint density at radius 2 is 1.79 bits per heavy atom. The average Bonchev–Trinajstić information content (AvgIpc) is 3.23. The summed E-state index contributed by atoms with van der Waals surface area (Å²) in [5.41, 5.74) is 3.28. The lowest BCUT2D eigenvalue weighted by atomic mass is 10.0. The third-order valence-electron chi connectivity index (χ3n) is 5.11. The zero-order chi connectivity index (χ0) is 23.2. The number of halogens is 2. The molecule has 8 heteroatoms. The van der Waals surface area contributed by atoms with Gasteiger partial charge in [0, 0.05) is 33.7 Å². The van der Waals surface area contributed by atoms with Crippen molar-refractivity contribution in [3.05, 3.63) is 99.6 Å². The van der Waals surface area contributed by atoms with Crippen LogP contribution in [0.2, 0.25) is 5.02 Å². The molecule has 1 aromatic heterocycles. The van der Waals surface area contributed by atoms with E-state index >= 15 is 0 Å². The van der Waals surface area contributed by atoms with Crippen LogP contribution < -0.4 is 10.6 Å². The third kappa shape index (κ3) is 5.94. The normalized spacial score (nSPS) is 11.7. The number of aromatic amines is 1. The third-order valence-corrected chi connectivity index (χ3v) is 6.32. The maximum absolute atomic E-state index is 13.1. The van der Waals surface area contributed by atoms with E-state index in [4.69, 9.17) is 16.3 Å². The van der Waals surface area contributed by atoms with Crippen molar-refractivity contribution in [3.63, 3.8) is 0 Å². The molecule has 4 aromatic rings. The maximum Gasteiger partial charge on any atom is 0.408 e. The van der Waals surface area contributed by atoms with Gasteiger partial charge in [0.2, 0.25) is 5.91 Å². The van der Waals surface area contributed by atoms with E-state index in [1.807, 2.05) is 60.8 Å². The molecule has 33 heavy (non-hydrogen) atoms. The molecular weight excluding hydrogens is 506 g/mol. The number of amides is 2. The minimum absolute atomic E-state index is 0.109. The van der Waals surface area contributed by atoms with Gasteiger partial charge >= 0.3 is 6.09 Å². The number of para-hydroxylation sites is 1. The van der Waals surface area contributed by atoms with Crippen molar-refractivity contribution < 1.29 is 14.3 Å². The number of carbonyl (C=O) groups is 2. The van der Waals surface area contributed by atoms with Crippen LogP contribution in [0.4, 0.5) is 10.5 Å². The maximum atomic E-state index is 13.1. The molecule has 0 unspecified atom stereocenters. The summed E-state index contributed by atoms with van der Waals surface area (Å²) in [6.45, 7) is 0.109. The molecule has 3 aromatic carbocycles. The molecule has 2 amide bonds. The number of aromatic nitrogens is 1. The molecule has 0 fully saturated rings. The Labute approximate surface area is 204 Å². The highest BCUT2D eigenvalue weighted by atomic mass is 79.9. The van der Waals surface area contributed by atoms with Crippen molar-refractivity contribution in [2.24, 2.45) is 0 Å². The van der Waals surface area contributed by atoms with Gasteiger partial charge in [0.1, 0.15) is 12.6 Å². The van der Waals surface area contributed by atoms with Crippen LogP contribution in [0, 0.1) is 0 Å². The van der Waals surface area contributed by atoms with E-state index in [0.717, 1.165) is 22.0 Å². The summed E-state index contributed by atoms with van der Waals surface area (Å²) in [4.78, 5) is 28.9. The van der Waals surface area contributed by atoms with Crippen molar-refractivity contribution in [1.29, 1.82) is 0 Å². The van der Waals surface area contributed by atoms with Crippen LogP contribution in [-0.4, -0.2) is 23.0 Å². The van der Waals surface area contributed by atoms with Gasteiger partial charge in [-0.05, 0) is 51.3 Å². The highest BCUT2D eigenvalue weighted by Crippen LogP contribution is 2.26. The molecule has 0 radical (unpaired) electrons. The summed E-state index contributed by atoms with van der Waals surface area (Å²) in [7, 11) is 0. The zero-order valence-electron chi connectivity index (χ0n) is 17.5. The number of nitrogens with one attached hydrogen (secondary N) is 3. The second-order valence-electron chi connectivity index (χ2n) is 7.44. The molecule has 0 bridgehead atoms. The molecule has 0 aliphatic rings. The van der Waals surface area contributed by atoms with Gasteiger partial charge in [0.15, 0.2) is 0 Å². The first-order valence-corrected chi connectivity index (χ1v) is 11.4. The number of carbonyl (C=O) groups excluding carboxylic acids is 2. The Morgan fingerprint density at radius 3 is 2.58 bits per heavy atom. The quantitative estimate of drug-likeness (QED) is 0.274. The monoisotopic (exact) mass is 525 g/mol. The van der Waals surface area contributed by atoms with E-state index in [-0.39, 0.29) is 18.9 Å². The summed E-state index contributed by atoms with van der Waals surface area (Å²) < 4.78 is 6.00. The lowest BCUT2D eigenvalue weighted by Gasteiger charge is -2.18. The number of rotatable bonds is 7. The number of alkyl carbamates (subject to hydrolysis) is 1. The Morgan fingerprint density at radius 1 is 1.03 bits per heavy atom. The number of H-pyrrole nitrogens is 1. The van der Waals surface area contributed by atoms with Crippen LogP contribution in [0.25, 0.3) is 10.9 Å². The topological polar surface area (TPSA) is 83.2 Å². The number of anilines is 1. The first-order chi connectivity index (χ1) is 16.0. The van der Waals surface area contributed by atoms with Gasteiger partial charge in [-0.15, -0.1) is 0 Å². The molecule has 0 spiro atoms. The van der Waals surface area contributed by atoms with E-state index < -0.39 is 12.1 Å². The van der Waals surface area contributed by atoms with Gasteiger partial charge in [0.25, 0.3) is 0 Å². The molecule has 0 saturated carbocycles. The summed E-state index contributed by atoms with van der Waals surface area (Å²) in [6.07, 6.45) is 1.46. The zero-order valence-corrected chi connectivity index (χ0v) is 19.8. The lowest BCUT2D eigenvalue weighted by Crippen LogP contribution is -2.45. The highest BCUT2D eigenvalue weighted by molar-refractivity contribution is 9.10. The number of hydrogen-bond donors (Lipinski definition) is 3. The van der Waals surface area contributed by atoms with Gasteiger partial charge in [0.05, 0.1) is 5.02 Å². The molecule has 1 atom stereocenters. The van der Waals surface area contributed by atoms with Gasteiger partial charge in [-0.1, -0.05) is 60.1 Å². The second-order valence-corrected chi connectivity index (χ2v) is 8.70. The fourth-order valence-electron chi connectivity index (χ4n) is 3.44. The summed E-state index contributed by atoms with van der Waals surface area (Å²) in [5, 5.41) is 7.08. The van der Waals surface area contributed by atoms with Crippen molar-refractivity contribution >= 4 is 56.1 Å². The molecule has 0 saturated heterocycles. The SMILES string of the molecule is O=C(N[C@@H](Cc1c[nH]c2ccccc12)C(=O)Nc1ccc(Cl)c(Br)c1)OCc1ccccc1. The minimum Gasteiger partial charge on any atom is -0.445 e. The van der Waals surface area contributed by atoms with Crippen LogP contribution in [0.5, 0.6) is 0 Å². The van der Waals surface area contributed by atoms with Gasteiger partial charge in [-0.2, -0.15) is 0 Å². The van der Waals surface area contributed by atoms with Crippen LogP contribution in [0.1, 0.15) is 11.1 Å². The van der Waals surface area contributed by atoms with E-state index in [0.29, 0.717) is 15.2 Å². The molecule has 3 N–H and O–H groups in total. The van der Waals surface area contributed by atoms with Gasteiger partial charge < -0.3 is 20.4 Å². The molecule has 0 aliphatic heterocycles. The number of hydrogen-bond acceptors (Lipinski definition) is 3. The largest absolute Gasteiger partial charge is 0.445 e. The average molecular weight is 527 g/mol. The van der Waals surface area contributed by atoms with Gasteiger partial charge in [-0.3, -0.25) is 4.79 Å². The Hall–Kier alpha value is -3.29. The fraction of sp³-hybridized carbons (Fsp3) is 0.120. The molecular formula is C25H21BrClN3O3. The fourth-order valence-corrected chi connectivity index (χ4v) is 3.94. The molecule has 0 aliphatic carbocycles. The summed E-state index contributed by atoms with van der Waals surface area (Å²) in [5.74, 6) is -0.369. The van der Waals surface area contributed by atoms with E-state index in [1.165, 1.54) is 0 Å². The van der Waals surface area contributed by atoms with Crippen molar-refractivity contribution in [3.8, 4) is 0 Å². The molecule has 168 valence electrons. The second kappa shape index (κ2) is 10.6. The summed E-state index contributed by atoms with van der Waals surface area (Å²) >= 11 is 9.40. The van der Waals surface area contributed by atoms with E-state index in [1.54, 1.807) is 18.2 Å². The Balaban J connectivity index is 1.50. The van der Waals surface area contributed by atoms with Gasteiger partial charge in [-0.25, -0.2) is 4.79 Å². The predicted molar refractivity (Wildman–Crippen MR) is 133 cm³/mol. The van der Waals surface area contributed by atoms with Crippen molar-refractivity contribution in [1.82, 2.24) is 10.3 Å². The number of ether oxygens (including phenoxy) is 1. The van der Waals surface area contributed by atoms with E-state index in [9.17, 15) is 9.59 Å². The van der Waals surface area contributed by atoms with Crippen LogP contribution in [0.3, 0.4) is 0 Å². The highest BCUT2D eigenvalue weighted by Gasteiger charge is 2.24. The van der Waals surface area contributed by atoms with Crippen molar-refractivity contribution in [2.75, 3.05) is 5.32 Å². The van der Waals surface area contributed by atoms with Crippen LogP contribution >= 0.6 is 27.5 Å². The van der Waals surface area contributed by atoms with Crippen LogP contribution in [0.15, 0.2) is 83.5 Å². The Bertz CT molecular complexity index is 1280. The smallest absolute Gasteiger partial charge is 0.408 e. The number of benzene rings is 3. The standard InChI is InChI=1S/C25H21BrClN3O3/c26-20-13-18(10-11-21(20)27)29-24(31)23(12-17-14-28-22-9-5-4-8-19(17)22)30-25(32)33-15-16-6-2-1-3-7-16/h1-11,13-14,23,28H,12,15H2,(H,29,31)(H,30,32)/t23-/m0/s1. The lowest BCUT2D eigenvalue weighted by molar-refractivity contribution is -0.118. The molecule has 4 rings (SSSR count). The van der Waals surface area contributed by atoms with Crippen LogP contribution in [-0.2, 0) is 22.6 Å². The minimum atomic E-state index is -0.859. The summed E-state index contributed by atoms with van der Waals surface area (Å²) in [6, 6.07) is 21.4.